The van der Waals surface area contributed by atoms with Crippen LogP contribution in [0.5, 0.6) is 0 Å². The summed E-state index contributed by atoms with van der Waals surface area (Å²) in [6, 6.07) is 1.86. The highest BCUT2D eigenvalue weighted by Crippen LogP contribution is 2.50. The van der Waals surface area contributed by atoms with Gasteiger partial charge in [0.15, 0.2) is 0 Å². The maximum atomic E-state index is 13.3. The van der Waals surface area contributed by atoms with E-state index in [0.717, 1.165) is 24.2 Å². The standard InChI is InChI=1S/C20H26N6O3/c1-19(2,3)29-18(28)25-9-10-26-15(12-25)14(11-23-26)17(27)24(4)20(6-7-20)16-5-8-21-13-22-16/h5,8,11,13H,6-7,9-10,12H2,1-4H3. The van der Waals surface area contributed by atoms with Gasteiger partial charge in [-0.3, -0.25) is 9.48 Å². The number of fused-ring (bicyclic) bond motifs is 1. The zero-order chi connectivity index (χ0) is 20.8. The summed E-state index contributed by atoms with van der Waals surface area (Å²) in [5.74, 6) is -0.117. The van der Waals surface area contributed by atoms with Crippen molar-refractivity contribution in [1.29, 1.82) is 0 Å². The molecule has 0 saturated heterocycles. The number of hydrogen-bond donors (Lipinski definition) is 0. The second kappa shape index (κ2) is 6.82. The van der Waals surface area contributed by atoms with Gasteiger partial charge < -0.3 is 14.5 Å². The third kappa shape index (κ3) is 3.56. The van der Waals surface area contributed by atoms with Crippen molar-refractivity contribution in [1.82, 2.24) is 29.5 Å². The van der Waals surface area contributed by atoms with E-state index in [9.17, 15) is 9.59 Å². The van der Waals surface area contributed by atoms with E-state index >= 15 is 0 Å². The fourth-order valence-corrected chi connectivity index (χ4v) is 3.73. The third-order valence-corrected chi connectivity index (χ3v) is 5.48. The van der Waals surface area contributed by atoms with E-state index in [1.165, 1.54) is 6.33 Å². The van der Waals surface area contributed by atoms with Crippen LogP contribution in [0.2, 0.25) is 0 Å². The Labute approximate surface area is 169 Å². The Morgan fingerprint density at radius 1 is 1.24 bits per heavy atom. The Bertz CT molecular complexity index is 929. The first-order valence-electron chi connectivity index (χ1n) is 9.78. The second-order valence-electron chi connectivity index (χ2n) is 8.62. The number of nitrogens with zero attached hydrogens (tertiary/aromatic N) is 6. The third-order valence-electron chi connectivity index (χ3n) is 5.48. The predicted octanol–water partition coefficient (Wildman–Crippen LogP) is 2.19. The van der Waals surface area contributed by atoms with Crippen molar-refractivity contribution >= 4 is 12.0 Å². The minimum Gasteiger partial charge on any atom is -0.444 e. The summed E-state index contributed by atoms with van der Waals surface area (Å²) >= 11 is 0. The summed E-state index contributed by atoms with van der Waals surface area (Å²) in [5.41, 5.74) is 1.14. The quantitative estimate of drug-likeness (QED) is 0.787. The number of aromatic nitrogens is 4. The van der Waals surface area contributed by atoms with E-state index in [2.05, 4.69) is 15.1 Å². The van der Waals surface area contributed by atoms with Gasteiger partial charge in [0.25, 0.3) is 5.91 Å². The van der Waals surface area contributed by atoms with E-state index in [1.54, 1.807) is 33.9 Å². The molecule has 0 aromatic carbocycles. The fourth-order valence-electron chi connectivity index (χ4n) is 3.73. The molecule has 29 heavy (non-hydrogen) atoms. The van der Waals surface area contributed by atoms with Gasteiger partial charge in [0.05, 0.1) is 41.8 Å². The highest BCUT2D eigenvalue weighted by molar-refractivity contribution is 5.96. The summed E-state index contributed by atoms with van der Waals surface area (Å²) in [4.78, 5) is 37.5. The smallest absolute Gasteiger partial charge is 0.410 e. The van der Waals surface area contributed by atoms with Crippen LogP contribution in [0, 0.1) is 0 Å². The zero-order valence-corrected chi connectivity index (χ0v) is 17.3. The molecule has 1 saturated carbocycles. The van der Waals surface area contributed by atoms with Gasteiger partial charge in [0, 0.05) is 19.8 Å². The van der Waals surface area contributed by atoms with Crippen molar-refractivity contribution < 1.29 is 14.3 Å². The molecule has 154 valence electrons. The monoisotopic (exact) mass is 398 g/mol. The maximum absolute atomic E-state index is 13.3. The summed E-state index contributed by atoms with van der Waals surface area (Å²) in [6.07, 6.45) is 6.15. The number of rotatable bonds is 3. The first-order chi connectivity index (χ1) is 13.7. The molecular formula is C20H26N6O3. The molecule has 0 bridgehead atoms. The molecule has 2 aromatic heterocycles. The van der Waals surface area contributed by atoms with Crippen LogP contribution in [-0.4, -0.2) is 60.7 Å². The Morgan fingerprint density at radius 2 is 2.00 bits per heavy atom. The van der Waals surface area contributed by atoms with Gasteiger partial charge in [0.2, 0.25) is 0 Å². The fraction of sp³-hybridized carbons (Fsp3) is 0.550. The van der Waals surface area contributed by atoms with Crippen LogP contribution in [0.4, 0.5) is 4.79 Å². The summed E-state index contributed by atoms with van der Waals surface area (Å²) < 4.78 is 7.28. The van der Waals surface area contributed by atoms with Crippen LogP contribution < -0.4 is 0 Å². The van der Waals surface area contributed by atoms with Gasteiger partial charge in [-0.2, -0.15) is 5.10 Å². The largest absolute Gasteiger partial charge is 0.444 e. The minimum absolute atomic E-state index is 0.117. The van der Waals surface area contributed by atoms with Gasteiger partial charge in [-0.25, -0.2) is 14.8 Å². The lowest BCUT2D eigenvalue weighted by molar-refractivity contribution is 0.0192. The average Bonchev–Trinajstić information content (AvgIpc) is 3.39. The molecule has 0 atom stereocenters. The molecule has 2 aliphatic rings. The molecule has 2 amide bonds. The maximum Gasteiger partial charge on any atom is 0.410 e. The van der Waals surface area contributed by atoms with Crippen LogP contribution in [0.3, 0.4) is 0 Å². The normalized spacial score (nSPS) is 17.4. The molecular weight excluding hydrogens is 372 g/mol. The lowest BCUT2D eigenvalue weighted by Crippen LogP contribution is -2.43. The van der Waals surface area contributed by atoms with Crippen LogP contribution in [0.1, 0.15) is 55.4 Å². The van der Waals surface area contributed by atoms with Crippen LogP contribution in [-0.2, 0) is 23.4 Å². The molecule has 0 spiro atoms. The molecule has 1 fully saturated rings. The lowest BCUT2D eigenvalue weighted by atomic mass is 10.1. The molecule has 0 radical (unpaired) electrons. The Balaban J connectivity index is 1.55. The summed E-state index contributed by atoms with van der Waals surface area (Å²) in [7, 11) is 1.80. The summed E-state index contributed by atoms with van der Waals surface area (Å²) in [5, 5.41) is 4.37. The van der Waals surface area contributed by atoms with E-state index in [1.807, 2.05) is 26.8 Å². The van der Waals surface area contributed by atoms with Crippen molar-refractivity contribution in [2.24, 2.45) is 0 Å². The molecule has 4 rings (SSSR count). The molecule has 2 aromatic rings. The van der Waals surface area contributed by atoms with Crippen LogP contribution in [0.15, 0.2) is 24.8 Å². The second-order valence-corrected chi connectivity index (χ2v) is 8.62. The number of hydrogen-bond acceptors (Lipinski definition) is 6. The SMILES string of the molecule is CN(C(=O)c1cnn2c1CN(C(=O)OC(C)(C)C)CC2)C1(c2ccncn2)CC1. The van der Waals surface area contributed by atoms with E-state index in [0.29, 0.717) is 25.2 Å². The van der Waals surface area contributed by atoms with Crippen LogP contribution >= 0.6 is 0 Å². The molecule has 0 N–H and O–H groups in total. The van der Waals surface area contributed by atoms with E-state index in [-0.39, 0.29) is 12.0 Å². The highest BCUT2D eigenvalue weighted by atomic mass is 16.6. The molecule has 9 nitrogen and oxygen atoms in total. The lowest BCUT2D eigenvalue weighted by Gasteiger charge is -2.31. The zero-order valence-electron chi connectivity index (χ0n) is 17.3. The van der Waals surface area contributed by atoms with E-state index < -0.39 is 11.1 Å². The number of ether oxygens (including phenoxy) is 1. The minimum atomic E-state index is -0.566. The summed E-state index contributed by atoms with van der Waals surface area (Å²) in [6.45, 7) is 6.84. The van der Waals surface area contributed by atoms with Gasteiger partial charge >= 0.3 is 6.09 Å². The van der Waals surface area contributed by atoms with Crippen molar-refractivity contribution in [2.75, 3.05) is 13.6 Å². The topological polar surface area (TPSA) is 93.5 Å². The first-order valence-corrected chi connectivity index (χ1v) is 9.78. The van der Waals surface area contributed by atoms with Gasteiger partial charge in [-0.15, -0.1) is 0 Å². The first kappa shape index (κ1) is 19.4. The van der Waals surface area contributed by atoms with Gasteiger partial charge in [-0.05, 0) is 39.7 Å². The van der Waals surface area contributed by atoms with Crippen LogP contribution in [0.25, 0.3) is 0 Å². The molecule has 1 aliphatic heterocycles. The molecule has 1 aliphatic carbocycles. The average molecular weight is 398 g/mol. The Hall–Kier alpha value is -2.97. The van der Waals surface area contributed by atoms with Gasteiger partial charge in [-0.1, -0.05) is 0 Å². The van der Waals surface area contributed by atoms with E-state index in [4.69, 9.17) is 4.74 Å². The Kier molecular flexibility index (Phi) is 4.55. The number of amides is 2. The number of carbonyl (C=O) groups is 2. The van der Waals surface area contributed by atoms with Crippen molar-refractivity contribution in [2.45, 2.75) is 57.8 Å². The van der Waals surface area contributed by atoms with Gasteiger partial charge in [0.1, 0.15) is 11.9 Å². The molecule has 0 unspecified atom stereocenters. The van der Waals surface area contributed by atoms with Crippen molar-refractivity contribution in [3.63, 3.8) is 0 Å². The molecule has 9 heteroatoms. The molecule has 3 heterocycles. The predicted molar refractivity (Wildman–Crippen MR) is 104 cm³/mol. The Morgan fingerprint density at radius 3 is 2.62 bits per heavy atom. The van der Waals surface area contributed by atoms with Crippen molar-refractivity contribution in [3.8, 4) is 0 Å². The van der Waals surface area contributed by atoms with Crippen molar-refractivity contribution in [3.05, 3.63) is 41.7 Å². The number of carbonyl (C=O) groups excluding carboxylic acids is 2. The highest BCUT2D eigenvalue weighted by Gasteiger charge is 2.51.